The van der Waals surface area contributed by atoms with Crippen molar-refractivity contribution in [3.63, 3.8) is 0 Å². The van der Waals surface area contributed by atoms with Gasteiger partial charge in [-0.25, -0.2) is 0 Å². The van der Waals surface area contributed by atoms with Crippen molar-refractivity contribution in [3.05, 3.63) is 59.7 Å². The van der Waals surface area contributed by atoms with Gasteiger partial charge in [0.2, 0.25) is 0 Å². The van der Waals surface area contributed by atoms with E-state index in [1.54, 1.807) is 12.1 Å². The maximum absolute atomic E-state index is 9.61. The Bertz CT molecular complexity index is 497. The lowest BCUT2D eigenvalue weighted by molar-refractivity contribution is 0.444. The summed E-state index contributed by atoms with van der Waals surface area (Å²) in [6, 6.07) is 14.9. The molecule has 94 valence electrons. The van der Waals surface area contributed by atoms with Gasteiger partial charge in [-0.3, -0.25) is 0 Å². The topological polar surface area (TPSA) is 52.5 Å². The quantitative estimate of drug-likeness (QED) is 0.707. The molecule has 0 aliphatic heterocycles. The highest BCUT2D eigenvalue weighted by Gasteiger charge is 2.01. The fourth-order valence-corrected chi connectivity index (χ4v) is 1.80. The second kappa shape index (κ2) is 6.07. The predicted molar refractivity (Wildman–Crippen MR) is 71.6 cm³/mol. The fourth-order valence-electron chi connectivity index (χ4n) is 1.80. The molecular weight excluding hydrogens is 226 g/mol. The van der Waals surface area contributed by atoms with E-state index in [1.165, 1.54) is 11.6 Å². The number of phenolic OH excluding ortho intramolecular Hbond substituents is 2. The molecule has 0 saturated carbocycles. The van der Waals surface area contributed by atoms with Gasteiger partial charge in [0, 0.05) is 18.2 Å². The lowest BCUT2D eigenvalue weighted by Gasteiger charge is -2.07. The van der Waals surface area contributed by atoms with Gasteiger partial charge < -0.3 is 15.5 Å². The van der Waals surface area contributed by atoms with Crippen molar-refractivity contribution in [3.8, 4) is 11.5 Å². The van der Waals surface area contributed by atoms with Crippen LogP contribution in [0.1, 0.15) is 11.1 Å². The highest BCUT2D eigenvalue weighted by molar-refractivity contribution is 5.38. The summed E-state index contributed by atoms with van der Waals surface area (Å²) in [5.41, 5.74) is 2.08. The van der Waals surface area contributed by atoms with Crippen LogP contribution in [0.2, 0.25) is 0 Å². The summed E-state index contributed by atoms with van der Waals surface area (Å²) >= 11 is 0. The summed E-state index contributed by atoms with van der Waals surface area (Å²) in [7, 11) is 0. The average Bonchev–Trinajstić information content (AvgIpc) is 2.38. The second-order valence-corrected chi connectivity index (χ2v) is 4.23. The molecular formula is C15H17NO2. The van der Waals surface area contributed by atoms with Crippen molar-refractivity contribution in [2.45, 2.75) is 13.0 Å². The number of rotatable bonds is 5. The van der Waals surface area contributed by atoms with Gasteiger partial charge in [0.25, 0.3) is 0 Å². The summed E-state index contributed by atoms with van der Waals surface area (Å²) in [6.07, 6.45) is 0.958. The predicted octanol–water partition coefficient (Wildman–Crippen LogP) is 2.43. The van der Waals surface area contributed by atoms with Crippen LogP contribution in [0.5, 0.6) is 11.5 Å². The SMILES string of the molecule is Oc1ccc(CNCCc2ccccc2)c(O)c1. The number of hydrogen-bond acceptors (Lipinski definition) is 3. The van der Waals surface area contributed by atoms with E-state index >= 15 is 0 Å². The molecule has 0 bridgehead atoms. The van der Waals surface area contributed by atoms with Crippen LogP contribution in [0.25, 0.3) is 0 Å². The average molecular weight is 243 g/mol. The standard InChI is InChI=1S/C15H17NO2/c17-14-7-6-13(15(18)10-14)11-16-9-8-12-4-2-1-3-5-12/h1-7,10,16-18H,8-9,11H2. The minimum Gasteiger partial charge on any atom is -0.508 e. The zero-order valence-corrected chi connectivity index (χ0v) is 10.1. The van der Waals surface area contributed by atoms with Gasteiger partial charge in [0.05, 0.1) is 0 Å². The van der Waals surface area contributed by atoms with Crippen LogP contribution >= 0.6 is 0 Å². The molecule has 3 N–H and O–H groups in total. The summed E-state index contributed by atoms with van der Waals surface area (Å²) in [4.78, 5) is 0. The van der Waals surface area contributed by atoms with Crippen LogP contribution < -0.4 is 5.32 Å². The lowest BCUT2D eigenvalue weighted by atomic mass is 10.1. The molecule has 0 unspecified atom stereocenters. The molecule has 0 spiro atoms. The fraction of sp³-hybridized carbons (Fsp3) is 0.200. The summed E-state index contributed by atoms with van der Waals surface area (Å²) in [5, 5.41) is 22.1. The van der Waals surface area contributed by atoms with Gasteiger partial charge in [0.15, 0.2) is 0 Å². The molecule has 0 saturated heterocycles. The third-order valence-corrected chi connectivity index (χ3v) is 2.82. The second-order valence-electron chi connectivity index (χ2n) is 4.23. The Morgan fingerprint density at radius 3 is 2.44 bits per heavy atom. The molecule has 0 aliphatic rings. The monoisotopic (exact) mass is 243 g/mol. The Morgan fingerprint density at radius 1 is 0.944 bits per heavy atom. The maximum atomic E-state index is 9.61. The van der Waals surface area contributed by atoms with Gasteiger partial charge in [0.1, 0.15) is 11.5 Å². The van der Waals surface area contributed by atoms with Crippen molar-refractivity contribution in [1.29, 1.82) is 0 Å². The Balaban J connectivity index is 1.79. The lowest BCUT2D eigenvalue weighted by Crippen LogP contribution is -2.16. The first-order valence-electron chi connectivity index (χ1n) is 6.01. The zero-order valence-electron chi connectivity index (χ0n) is 10.1. The third kappa shape index (κ3) is 3.50. The van der Waals surface area contributed by atoms with E-state index in [1.807, 2.05) is 18.2 Å². The molecule has 0 atom stereocenters. The normalized spacial score (nSPS) is 10.4. The Hall–Kier alpha value is -2.00. The van der Waals surface area contributed by atoms with Crippen molar-refractivity contribution >= 4 is 0 Å². The van der Waals surface area contributed by atoms with Crippen molar-refractivity contribution in [2.24, 2.45) is 0 Å². The van der Waals surface area contributed by atoms with Crippen LogP contribution in [0, 0.1) is 0 Å². The number of phenols is 2. The van der Waals surface area contributed by atoms with Gasteiger partial charge in [-0.1, -0.05) is 36.4 Å². The molecule has 3 heteroatoms. The van der Waals surface area contributed by atoms with Gasteiger partial charge in [-0.2, -0.15) is 0 Å². The number of hydrogen-bond donors (Lipinski definition) is 3. The number of aromatic hydroxyl groups is 2. The third-order valence-electron chi connectivity index (χ3n) is 2.82. The number of nitrogens with one attached hydrogen (secondary N) is 1. The number of benzene rings is 2. The van der Waals surface area contributed by atoms with Crippen molar-refractivity contribution in [1.82, 2.24) is 5.32 Å². The van der Waals surface area contributed by atoms with Crippen LogP contribution in [-0.2, 0) is 13.0 Å². The largest absolute Gasteiger partial charge is 0.508 e. The minimum absolute atomic E-state index is 0.0838. The Kier molecular flexibility index (Phi) is 4.20. The van der Waals surface area contributed by atoms with E-state index < -0.39 is 0 Å². The molecule has 0 aliphatic carbocycles. The van der Waals surface area contributed by atoms with Crippen molar-refractivity contribution < 1.29 is 10.2 Å². The van der Waals surface area contributed by atoms with E-state index in [4.69, 9.17) is 0 Å². The highest BCUT2D eigenvalue weighted by Crippen LogP contribution is 2.22. The highest BCUT2D eigenvalue weighted by atomic mass is 16.3. The van der Waals surface area contributed by atoms with Gasteiger partial charge in [-0.05, 0) is 24.6 Å². The zero-order chi connectivity index (χ0) is 12.8. The van der Waals surface area contributed by atoms with Crippen LogP contribution in [0.3, 0.4) is 0 Å². The molecule has 3 nitrogen and oxygen atoms in total. The molecule has 0 fully saturated rings. The first-order valence-corrected chi connectivity index (χ1v) is 6.01. The molecule has 2 aromatic carbocycles. The summed E-state index contributed by atoms with van der Waals surface area (Å²) in [5.74, 6) is 0.211. The Labute approximate surface area is 107 Å². The van der Waals surface area contributed by atoms with E-state index in [9.17, 15) is 10.2 Å². The summed E-state index contributed by atoms with van der Waals surface area (Å²) < 4.78 is 0. The summed E-state index contributed by atoms with van der Waals surface area (Å²) in [6.45, 7) is 1.45. The van der Waals surface area contributed by atoms with Crippen LogP contribution in [0.15, 0.2) is 48.5 Å². The van der Waals surface area contributed by atoms with Crippen LogP contribution in [0.4, 0.5) is 0 Å². The molecule has 0 radical (unpaired) electrons. The minimum atomic E-state index is 0.0838. The Morgan fingerprint density at radius 2 is 1.72 bits per heavy atom. The molecule has 0 heterocycles. The van der Waals surface area contributed by atoms with E-state index in [2.05, 4.69) is 17.4 Å². The first kappa shape index (κ1) is 12.5. The first-order chi connectivity index (χ1) is 8.75. The van der Waals surface area contributed by atoms with E-state index in [-0.39, 0.29) is 11.5 Å². The molecule has 0 aromatic heterocycles. The van der Waals surface area contributed by atoms with Crippen molar-refractivity contribution in [2.75, 3.05) is 6.54 Å². The van der Waals surface area contributed by atoms with E-state index in [0.717, 1.165) is 18.5 Å². The molecule has 0 amide bonds. The molecule has 2 aromatic rings. The maximum Gasteiger partial charge on any atom is 0.123 e. The molecule has 18 heavy (non-hydrogen) atoms. The smallest absolute Gasteiger partial charge is 0.123 e. The van der Waals surface area contributed by atoms with E-state index in [0.29, 0.717) is 6.54 Å². The van der Waals surface area contributed by atoms with Crippen LogP contribution in [-0.4, -0.2) is 16.8 Å². The van der Waals surface area contributed by atoms with Gasteiger partial charge in [-0.15, -0.1) is 0 Å². The molecule has 2 rings (SSSR count). The van der Waals surface area contributed by atoms with Gasteiger partial charge >= 0.3 is 0 Å².